The largest absolute Gasteiger partial charge is 0.379 e. The van der Waals surface area contributed by atoms with Gasteiger partial charge in [0.25, 0.3) is 5.91 Å². The molecule has 9 heteroatoms. The van der Waals surface area contributed by atoms with Gasteiger partial charge in [-0.3, -0.25) is 9.69 Å². The highest BCUT2D eigenvalue weighted by molar-refractivity contribution is 7.89. The van der Waals surface area contributed by atoms with Gasteiger partial charge < -0.3 is 10.1 Å². The van der Waals surface area contributed by atoms with Crippen LogP contribution in [0.5, 0.6) is 0 Å². The normalized spacial score (nSPS) is 20.2. The van der Waals surface area contributed by atoms with Gasteiger partial charge in [-0.25, -0.2) is 12.8 Å². The van der Waals surface area contributed by atoms with E-state index in [1.54, 1.807) is 0 Å². The van der Waals surface area contributed by atoms with E-state index in [4.69, 9.17) is 4.74 Å². The molecule has 0 atom stereocenters. The first-order valence-electron chi connectivity index (χ1n) is 9.76. The topological polar surface area (TPSA) is 79.0 Å². The third kappa shape index (κ3) is 5.08. The van der Waals surface area contributed by atoms with Gasteiger partial charge in [0.2, 0.25) is 10.0 Å². The lowest BCUT2D eigenvalue weighted by molar-refractivity contribution is 0.0383. The smallest absolute Gasteiger partial charge is 0.254 e. The molecule has 2 aliphatic rings. The van der Waals surface area contributed by atoms with E-state index in [1.807, 2.05) is 0 Å². The highest BCUT2D eigenvalue weighted by Crippen LogP contribution is 2.24. The van der Waals surface area contributed by atoms with Crippen LogP contribution in [0.15, 0.2) is 23.1 Å². The second-order valence-corrected chi connectivity index (χ2v) is 9.38. The summed E-state index contributed by atoms with van der Waals surface area (Å²) < 4.78 is 46.6. The molecule has 0 bridgehead atoms. The highest BCUT2D eigenvalue weighted by atomic mass is 32.2. The Morgan fingerprint density at radius 1 is 1.21 bits per heavy atom. The van der Waals surface area contributed by atoms with Crippen molar-refractivity contribution < 1.29 is 22.3 Å². The predicted octanol–water partition coefficient (Wildman–Crippen LogP) is 1.31. The van der Waals surface area contributed by atoms with E-state index in [2.05, 4.69) is 17.1 Å². The van der Waals surface area contributed by atoms with Gasteiger partial charge in [0.15, 0.2) is 0 Å². The molecule has 0 aromatic heterocycles. The fourth-order valence-corrected chi connectivity index (χ4v) is 4.96. The SMILES string of the molecule is CC1CCN(S(=O)(=O)c2ccc(F)c(C(=O)NCCN3CCOCC3)c2)CC1. The number of ether oxygens (including phenoxy) is 1. The minimum Gasteiger partial charge on any atom is -0.379 e. The average molecular weight is 414 g/mol. The fourth-order valence-electron chi connectivity index (χ4n) is 3.46. The van der Waals surface area contributed by atoms with Crippen LogP contribution < -0.4 is 5.32 Å². The lowest BCUT2D eigenvalue weighted by Gasteiger charge is -2.29. The number of piperidine rings is 1. The molecule has 0 aliphatic carbocycles. The van der Waals surface area contributed by atoms with E-state index in [0.717, 1.165) is 38.1 Å². The minimum absolute atomic E-state index is 0.0400. The van der Waals surface area contributed by atoms with Crippen molar-refractivity contribution in [3.05, 3.63) is 29.6 Å². The summed E-state index contributed by atoms with van der Waals surface area (Å²) in [6.07, 6.45) is 1.60. The van der Waals surface area contributed by atoms with E-state index < -0.39 is 21.7 Å². The van der Waals surface area contributed by atoms with Crippen LogP contribution >= 0.6 is 0 Å². The molecule has 1 amide bonds. The zero-order valence-electron chi connectivity index (χ0n) is 16.2. The van der Waals surface area contributed by atoms with Crippen LogP contribution in [0.2, 0.25) is 0 Å². The number of nitrogens with zero attached hydrogens (tertiary/aromatic N) is 2. The van der Waals surface area contributed by atoms with Crippen molar-refractivity contribution in [3.63, 3.8) is 0 Å². The molecular formula is C19H28FN3O4S. The third-order valence-electron chi connectivity index (χ3n) is 5.38. The van der Waals surface area contributed by atoms with Gasteiger partial charge >= 0.3 is 0 Å². The molecule has 156 valence electrons. The molecule has 2 saturated heterocycles. The molecule has 3 rings (SSSR count). The summed E-state index contributed by atoms with van der Waals surface area (Å²) in [4.78, 5) is 14.5. The van der Waals surface area contributed by atoms with E-state index in [0.29, 0.717) is 45.3 Å². The summed E-state index contributed by atoms with van der Waals surface area (Å²) in [5.74, 6) is -0.836. The Bertz CT molecular complexity index is 788. The molecule has 1 N–H and O–H groups in total. The zero-order valence-corrected chi connectivity index (χ0v) is 17.0. The van der Waals surface area contributed by atoms with Crippen LogP contribution in [-0.2, 0) is 14.8 Å². The molecule has 2 aliphatic heterocycles. The number of nitrogens with one attached hydrogen (secondary N) is 1. The Hall–Kier alpha value is -1.55. The molecule has 0 unspecified atom stereocenters. The minimum atomic E-state index is -3.73. The molecule has 0 spiro atoms. The fraction of sp³-hybridized carbons (Fsp3) is 0.632. The first-order chi connectivity index (χ1) is 13.4. The summed E-state index contributed by atoms with van der Waals surface area (Å²) in [5.41, 5.74) is -0.242. The van der Waals surface area contributed by atoms with Crippen molar-refractivity contribution in [2.45, 2.75) is 24.7 Å². The Labute approximate surface area is 165 Å². The van der Waals surface area contributed by atoms with Crippen LogP contribution in [0.25, 0.3) is 0 Å². The number of hydrogen-bond acceptors (Lipinski definition) is 5. The summed E-state index contributed by atoms with van der Waals surface area (Å²) in [6.45, 7) is 6.92. The number of sulfonamides is 1. The highest BCUT2D eigenvalue weighted by Gasteiger charge is 2.29. The summed E-state index contributed by atoms with van der Waals surface area (Å²) >= 11 is 0. The van der Waals surface area contributed by atoms with Gasteiger partial charge in [0, 0.05) is 39.3 Å². The predicted molar refractivity (Wildman–Crippen MR) is 103 cm³/mol. The van der Waals surface area contributed by atoms with Gasteiger partial charge in [-0.1, -0.05) is 6.92 Å². The molecule has 2 fully saturated rings. The van der Waals surface area contributed by atoms with Gasteiger partial charge in [-0.05, 0) is 37.0 Å². The number of carbonyl (C=O) groups excluding carboxylic acids is 1. The van der Waals surface area contributed by atoms with Crippen LogP contribution in [0, 0.1) is 11.7 Å². The molecule has 28 heavy (non-hydrogen) atoms. The Kier molecular flexibility index (Phi) is 7.03. The second-order valence-electron chi connectivity index (χ2n) is 7.44. The maximum absolute atomic E-state index is 14.2. The Balaban J connectivity index is 1.65. The van der Waals surface area contributed by atoms with Crippen molar-refractivity contribution in [1.29, 1.82) is 0 Å². The van der Waals surface area contributed by atoms with Crippen molar-refractivity contribution in [2.75, 3.05) is 52.5 Å². The molecule has 0 saturated carbocycles. The molecular weight excluding hydrogens is 385 g/mol. The molecule has 1 aromatic carbocycles. The van der Waals surface area contributed by atoms with Crippen molar-refractivity contribution in [2.24, 2.45) is 5.92 Å². The van der Waals surface area contributed by atoms with Gasteiger partial charge in [-0.15, -0.1) is 0 Å². The van der Waals surface area contributed by atoms with Crippen LogP contribution in [-0.4, -0.2) is 76.0 Å². The van der Waals surface area contributed by atoms with Gasteiger partial charge in [-0.2, -0.15) is 4.31 Å². The molecule has 2 heterocycles. The standard InChI is InChI=1S/C19H28FN3O4S/c1-15-4-7-23(8-5-15)28(25,26)16-2-3-18(20)17(14-16)19(24)21-6-9-22-10-12-27-13-11-22/h2-3,14-15H,4-13H2,1H3,(H,21,24). The first kappa shape index (κ1) is 21.2. The summed E-state index contributed by atoms with van der Waals surface area (Å²) in [5, 5.41) is 2.68. The van der Waals surface area contributed by atoms with Crippen LogP contribution in [0.4, 0.5) is 4.39 Å². The van der Waals surface area contributed by atoms with Crippen molar-refractivity contribution in [3.8, 4) is 0 Å². The Morgan fingerprint density at radius 2 is 1.89 bits per heavy atom. The average Bonchev–Trinajstić information content (AvgIpc) is 2.69. The molecule has 7 nitrogen and oxygen atoms in total. The van der Waals surface area contributed by atoms with Crippen molar-refractivity contribution >= 4 is 15.9 Å². The number of morpholine rings is 1. The summed E-state index contributed by atoms with van der Waals surface area (Å²) in [6, 6.07) is 3.43. The maximum atomic E-state index is 14.2. The quantitative estimate of drug-likeness (QED) is 0.761. The van der Waals surface area contributed by atoms with E-state index in [1.165, 1.54) is 10.4 Å². The third-order valence-corrected chi connectivity index (χ3v) is 7.27. The maximum Gasteiger partial charge on any atom is 0.254 e. The summed E-state index contributed by atoms with van der Waals surface area (Å²) in [7, 11) is -3.73. The van der Waals surface area contributed by atoms with Crippen LogP contribution in [0.1, 0.15) is 30.1 Å². The number of amides is 1. The van der Waals surface area contributed by atoms with Crippen molar-refractivity contribution in [1.82, 2.24) is 14.5 Å². The Morgan fingerprint density at radius 3 is 2.57 bits per heavy atom. The molecule has 1 aromatic rings. The number of carbonyl (C=O) groups is 1. The zero-order chi connectivity index (χ0) is 20.1. The second kappa shape index (κ2) is 9.30. The lowest BCUT2D eigenvalue weighted by atomic mass is 10.0. The number of halogens is 1. The number of benzene rings is 1. The van der Waals surface area contributed by atoms with Crippen LogP contribution in [0.3, 0.4) is 0 Å². The van der Waals surface area contributed by atoms with E-state index >= 15 is 0 Å². The monoisotopic (exact) mass is 413 g/mol. The van der Waals surface area contributed by atoms with Gasteiger partial charge in [0.1, 0.15) is 5.82 Å². The van der Waals surface area contributed by atoms with Gasteiger partial charge in [0.05, 0.1) is 23.7 Å². The van der Waals surface area contributed by atoms with E-state index in [-0.39, 0.29) is 10.5 Å². The molecule has 0 radical (unpaired) electrons. The number of rotatable bonds is 6. The van der Waals surface area contributed by atoms with E-state index in [9.17, 15) is 17.6 Å². The first-order valence-corrected chi connectivity index (χ1v) is 11.2. The lowest BCUT2D eigenvalue weighted by Crippen LogP contribution is -2.41. The number of hydrogen-bond donors (Lipinski definition) is 1.